The number of aryl methyl sites for hydroxylation is 2. The molecule has 0 N–H and O–H groups in total. The summed E-state index contributed by atoms with van der Waals surface area (Å²) in [4.78, 5) is 12.9. The zero-order valence-corrected chi connectivity index (χ0v) is 14.8. The third-order valence-electron chi connectivity index (χ3n) is 2.60. The molecule has 1 aliphatic rings. The van der Waals surface area contributed by atoms with Crippen molar-refractivity contribution < 1.29 is 35.9 Å². The number of hydrogen-bond acceptors (Lipinski definition) is 4. The normalized spacial score (nSPS) is 14.3. The molecule has 1 aromatic carbocycles. The highest BCUT2D eigenvalue weighted by molar-refractivity contribution is 5.36. The summed E-state index contributed by atoms with van der Waals surface area (Å²) in [5, 5.41) is 4.01. The van der Waals surface area contributed by atoms with E-state index in [1.807, 2.05) is 0 Å². The van der Waals surface area contributed by atoms with E-state index in [1.165, 1.54) is 19.2 Å². The molecule has 0 spiro atoms. The summed E-state index contributed by atoms with van der Waals surface area (Å²) in [7, 11) is 1.31. The van der Waals surface area contributed by atoms with Gasteiger partial charge in [0.15, 0.2) is 23.6 Å². The molecular weight excluding hydrogens is 380 g/mol. The number of halogens is 6. The van der Waals surface area contributed by atoms with Crippen LogP contribution in [-0.4, -0.2) is 34.5 Å². The lowest BCUT2D eigenvalue weighted by Crippen LogP contribution is -1.95. The van der Waals surface area contributed by atoms with Gasteiger partial charge in [0.2, 0.25) is 0 Å². The van der Waals surface area contributed by atoms with Gasteiger partial charge in [-0.3, -0.25) is 4.79 Å². The van der Waals surface area contributed by atoms with E-state index in [0.29, 0.717) is 31.1 Å². The van der Waals surface area contributed by atoms with Gasteiger partial charge in [-0.25, -0.2) is 22.8 Å². The molecule has 0 aliphatic carbocycles. The lowest BCUT2D eigenvalue weighted by Gasteiger charge is -1.89. The quantitative estimate of drug-likeness (QED) is 0.529. The van der Waals surface area contributed by atoms with E-state index in [0.717, 1.165) is 12.1 Å². The van der Waals surface area contributed by atoms with E-state index >= 15 is 0 Å². The number of nitrogens with zero attached hydrogens (tertiary/aromatic N) is 3. The topological polar surface area (TPSA) is 57.0 Å². The molecule has 5 nitrogen and oxygen atoms in total. The van der Waals surface area contributed by atoms with Crippen molar-refractivity contribution in [3.63, 3.8) is 0 Å². The number of hydrogen-bond donors (Lipinski definition) is 0. The van der Waals surface area contributed by atoms with Gasteiger partial charge in [0.05, 0.1) is 7.11 Å². The molecule has 1 atom stereocenters. The maximum atomic E-state index is 12.8. The Morgan fingerprint density at radius 2 is 1.67 bits per heavy atom. The lowest BCUT2D eigenvalue weighted by molar-refractivity contribution is -0.126. The Morgan fingerprint density at radius 3 is 2.00 bits per heavy atom. The van der Waals surface area contributed by atoms with E-state index in [4.69, 9.17) is 4.79 Å². The van der Waals surface area contributed by atoms with Crippen molar-refractivity contribution in [1.82, 2.24) is 14.8 Å². The monoisotopic (exact) mass is 399 g/mol. The minimum Gasteiger partial charge on any atom is -0.471 e. The van der Waals surface area contributed by atoms with Crippen LogP contribution in [0, 0.1) is 18.6 Å². The lowest BCUT2D eigenvalue weighted by atomic mass is 10.3. The van der Waals surface area contributed by atoms with Crippen LogP contribution in [0.4, 0.5) is 26.3 Å². The van der Waals surface area contributed by atoms with Crippen LogP contribution >= 0.6 is 0 Å². The van der Waals surface area contributed by atoms with Gasteiger partial charge in [-0.15, -0.1) is 0 Å². The van der Waals surface area contributed by atoms with Crippen molar-refractivity contribution in [3.05, 3.63) is 47.5 Å². The largest absolute Gasteiger partial charge is 0.471 e. The maximum Gasteiger partial charge on any atom is 0.386 e. The standard InChI is InChI=1S/C6H4F2.C6H8FN3.C2H3F3.C2H4O2/c7-5-3-1-2-4-6(5)8;1-4-8-6-5(7)2-3-10(6)9-4;1-2(3,4)5;1-4-2-3/h1-4H;5H,2-3H2,1H3;1H3;2H,1H3/t;5-;;/m.1../s1. The third-order valence-corrected chi connectivity index (χ3v) is 2.60. The van der Waals surface area contributed by atoms with Gasteiger partial charge in [0.1, 0.15) is 5.82 Å². The number of fused-ring (bicyclic) bond motifs is 1. The zero-order valence-electron chi connectivity index (χ0n) is 14.8. The maximum absolute atomic E-state index is 12.8. The van der Waals surface area contributed by atoms with Crippen LogP contribution in [0.3, 0.4) is 0 Å². The van der Waals surface area contributed by atoms with Crippen LogP contribution in [0.15, 0.2) is 24.3 Å². The number of alkyl halides is 4. The van der Waals surface area contributed by atoms with Crippen molar-refractivity contribution >= 4 is 6.47 Å². The Morgan fingerprint density at radius 1 is 1.22 bits per heavy atom. The smallest absolute Gasteiger partial charge is 0.386 e. The van der Waals surface area contributed by atoms with Gasteiger partial charge in [-0.1, -0.05) is 12.1 Å². The molecule has 11 heteroatoms. The molecular formula is C16H19F6N3O2. The summed E-state index contributed by atoms with van der Waals surface area (Å²) in [6, 6.07) is 5.04. The molecule has 0 amide bonds. The van der Waals surface area contributed by atoms with Crippen LogP contribution in [0.1, 0.15) is 31.2 Å². The highest BCUT2D eigenvalue weighted by Gasteiger charge is 2.24. The van der Waals surface area contributed by atoms with Crippen LogP contribution < -0.4 is 0 Å². The molecule has 2 heterocycles. The highest BCUT2D eigenvalue weighted by atomic mass is 19.4. The minimum absolute atomic E-state index is 0.188. The number of ether oxygens (including phenoxy) is 1. The molecule has 2 aromatic rings. The molecule has 0 saturated heterocycles. The van der Waals surface area contributed by atoms with Gasteiger partial charge in [-0.05, 0) is 19.1 Å². The summed E-state index contributed by atoms with van der Waals surface area (Å²) in [5.41, 5.74) is 0. The van der Waals surface area contributed by atoms with Crippen LogP contribution in [0.2, 0.25) is 0 Å². The number of carbonyl (C=O) groups is 1. The van der Waals surface area contributed by atoms with Crippen LogP contribution in [-0.2, 0) is 16.1 Å². The molecule has 3 rings (SSSR count). The Bertz CT molecular complexity index is 664. The Balaban J connectivity index is 0.000000359. The summed E-state index contributed by atoms with van der Waals surface area (Å²) in [6.07, 6.45) is -4.35. The number of rotatable bonds is 1. The number of carbonyl (C=O) groups excluding carboxylic acids is 1. The van der Waals surface area contributed by atoms with E-state index in [1.54, 1.807) is 11.6 Å². The Kier molecular flexibility index (Phi) is 10.8. The summed E-state index contributed by atoms with van der Waals surface area (Å²) in [6.45, 7) is 3.02. The molecule has 0 unspecified atom stereocenters. The third kappa shape index (κ3) is 11.6. The average molecular weight is 399 g/mol. The first-order valence-corrected chi connectivity index (χ1v) is 7.48. The van der Waals surface area contributed by atoms with Gasteiger partial charge in [0, 0.05) is 19.9 Å². The summed E-state index contributed by atoms with van der Waals surface area (Å²) in [5.74, 6) is -0.435. The predicted octanol–water partition coefficient (Wildman–Crippen LogP) is 4.32. The molecule has 0 saturated carbocycles. The fraction of sp³-hybridized carbons (Fsp3) is 0.438. The fourth-order valence-electron chi connectivity index (χ4n) is 1.67. The Labute approximate surface area is 152 Å². The number of aromatic nitrogens is 3. The zero-order chi connectivity index (χ0) is 21.0. The van der Waals surface area contributed by atoms with E-state index in [2.05, 4.69) is 14.8 Å². The first-order chi connectivity index (χ1) is 12.5. The molecule has 0 fully saturated rings. The van der Waals surface area contributed by atoms with Crippen molar-refractivity contribution in [2.75, 3.05) is 7.11 Å². The van der Waals surface area contributed by atoms with Gasteiger partial charge < -0.3 is 4.74 Å². The molecule has 0 bridgehead atoms. The second kappa shape index (κ2) is 11.9. The van der Waals surface area contributed by atoms with Crippen molar-refractivity contribution in [2.24, 2.45) is 0 Å². The molecule has 1 aliphatic heterocycles. The first-order valence-electron chi connectivity index (χ1n) is 7.48. The predicted molar refractivity (Wildman–Crippen MR) is 84.4 cm³/mol. The van der Waals surface area contributed by atoms with Crippen molar-refractivity contribution in [3.8, 4) is 0 Å². The summed E-state index contributed by atoms with van der Waals surface area (Å²) >= 11 is 0. The van der Waals surface area contributed by atoms with Gasteiger partial charge in [-0.2, -0.15) is 18.3 Å². The molecule has 27 heavy (non-hydrogen) atoms. The van der Waals surface area contributed by atoms with Crippen LogP contribution in [0.25, 0.3) is 0 Å². The Hall–Kier alpha value is -2.59. The SMILES string of the molecule is CC(F)(F)F.COC=O.Cc1nc2n(n1)CC[C@H]2F.Fc1ccccc1F. The summed E-state index contributed by atoms with van der Waals surface area (Å²) < 4.78 is 73.3. The van der Waals surface area contributed by atoms with E-state index < -0.39 is 24.0 Å². The van der Waals surface area contributed by atoms with Crippen LogP contribution in [0.5, 0.6) is 0 Å². The van der Waals surface area contributed by atoms with E-state index in [9.17, 15) is 26.3 Å². The molecule has 152 valence electrons. The van der Waals surface area contributed by atoms with Crippen molar-refractivity contribution in [1.29, 1.82) is 0 Å². The second-order valence-electron chi connectivity index (χ2n) is 5.02. The van der Waals surface area contributed by atoms with Crippen molar-refractivity contribution in [2.45, 2.75) is 39.2 Å². The van der Waals surface area contributed by atoms with E-state index in [-0.39, 0.29) is 6.92 Å². The van der Waals surface area contributed by atoms with Gasteiger partial charge >= 0.3 is 6.18 Å². The first kappa shape index (κ1) is 24.4. The number of benzene rings is 1. The van der Waals surface area contributed by atoms with Gasteiger partial charge in [0.25, 0.3) is 6.47 Å². The fourth-order valence-corrected chi connectivity index (χ4v) is 1.67. The minimum atomic E-state index is -4.00. The second-order valence-corrected chi connectivity index (χ2v) is 5.02. The highest BCUT2D eigenvalue weighted by Crippen LogP contribution is 2.26. The number of methoxy groups -OCH3 is 1. The molecule has 0 radical (unpaired) electrons. The molecule has 1 aromatic heterocycles. The average Bonchev–Trinajstić information content (AvgIpc) is 3.10.